The first-order valence-electron chi connectivity index (χ1n) is 5.84. The van der Waals surface area contributed by atoms with Crippen LogP contribution in [0, 0.1) is 10.8 Å². The Hall–Kier alpha value is -0.0800. The number of alkyl halides is 1. The van der Waals surface area contributed by atoms with Crippen LogP contribution < -0.4 is 5.73 Å². The molecule has 1 aliphatic rings. The number of hydrogen-bond acceptors (Lipinski definition) is 1. The monoisotopic (exact) mass is 285 g/mol. The third-order valence-electron chi connectivity index (χ3n) is 3.02. The lowest BCUT2D eigenvalue weighted by Gasteiger charge is -2.36. The number of halogens is 1. The van der Waals surface area contributed by atoms with E-state index >= 15 is 0 Å². The molecular weight excluding hydrogens is 262 g/mol. The van der Waals surface area contributed by atoms with E-state index in [0.717, 1.165) is 6.42 Å². The molecule has 0 radical (unpaired) electrons. The van der Waals surface area contributed by atoms with Gasteiger partial charge in [0, 0.05) is 6.42 Å². The van der Waals surface area contributed by atoms with Crippen molar-refractivity contribution in [1.82, 2.24) is 0 Å². The zero-order valence-corrected chi connectivity index (χ0v) is 12.9. The molecule has 0 aromatic carbocycles. The molecule has 0 fully saturated rings. The molecule has 0 heterocycles. The molecule has 0 amide bonds. The number of rotatable bonds is 0. The van der Waals surface area contributed by atoms with Crippen LogP contribution in [0.4, 0.5) is 0 Å². The Kier molecular flexibility index (Phi) is 3.49. The Morgan fingerprint density at radius 2 is 1.62 bits per heavy atom. The van der Waals surface area contributed by atoms with E-state index in [-0.39, 0.29) is 15.3 Å². The maximum Gasteiger partial charge on any atom is 0.0946 e. The third kappa shape index (κ3) is 3.46. The van der Waals surface area contributed by atoms with Crippen molar-refractivity contribution in [1.29, 1.82) is 0 Å². The van der Waals surface area contributed by atoms with Gasteiger partial charge in [-0.25, -0.2) is 0 Å². The molecule has 0 bridgehead atoms. The molecule has 1 atom stereocenters. The predicted octanol–water partition coefficient (Wildman–Crippen LogP) is 4.39. The molecule has 1 nitrogen and oxygen atoms in total. The van der Waals surface area contributed by atoms with E-state index in [0.29, 0.717) is 0 Å². The molecule has 1 rings (SSSR count). The molecule has 0 aromatic rings. The van der Waals surface area contributed by atoms with Crippen LogP contribution in [0.3, 0.4) is 0 Å². The highest BCUT2D eigenvalue weighted by atomic mass is 79.9. The summed E-state index contributed by atoms with van der Waals surface area (Å²) in [6.07, 6.45) is 5.37. The van der Waals surface area contributed by atoms with Crippen molar-refractivity contribution in [3.8, 4) is 0 Å². The van der Waals surface area contributed by atoms with E-state index in [9.17, 15) is 0 Å². The van der Waals surface area contributed by atoms with Gasteiger partial charge in [0.2, 0.25) is 0 Å². The van der Waals surface area contributed by atoms with Gasteiger partial charge < -0.3 is 5.73 Å². The van der Waals surface area contributed by atoms with Gasteiger partial charge in [0.05, 0.1) is 4.45 Å². The van der Waals surface area contributed by atoms with Crippen LogP contribution in [0.2, 0.25) is 0 Å². The lowest BCUT2D eigenvalue weighted by molar-refractivity contribution is 0.448. The van der Waals surface area contributed by atoms with Crippen molar-refractivity contribution in [2.45, 2.75) is 52.4 Å². The van der Waals surface area contributed by atoms with E-state index in [1.54, 1.807) is 0 Å². The van der Waals surface area contributed by atoms with Crippen LogP contribution in [0.25, 0.3) is 0 Å². The largest absolute Gasteiger partial charge is 0.313 e. The number of allylic oxidation sites excluding steroid dienone is 2. The van der Waals surface area contributed by atoms with Gasteiger partial charge in [-0.05, 0) is 22.5 Å². The Morgan fingerprint density at radius 3 is 2.00 bits per heavy atom. The zero-order chi connectivity index (χ0) is 12.8. The summed E-state index contributed by atoms with van der Waals surface area (Å²) in [6, 6.07) is 0. The van der Waals surface area contributed by atoms with Crippen LogP contribution >= 0.6 is 15.9 Å². The highest BCUT2D eigenvalue weighted by molar-refractivity contribution is 9.10. The fraction of sp³-hybridized carbons (Fsp3) is 0.714. The number of nitrogens with two attached hydrogens (primary N) is 1. The quantitative estimate of drug-likeness (QED) is 0.519. The van der Waals surface area contributed by atoms with E-state index in [1.807, 2.05) is 0 Å². The van der Waals surface area contributed by atoms with Gasteiger partial charge in [-0.1, -0.05) is 69.1 Å². The summed E-state index contributed by atoms with van der Waals surface area (Å²) in [7, 11) is 0. The Morgan fingerprint density at radius 1 is 1.12 bits per heavy atom. The standard InChI is InChI=1S/C14H24BrN/c1-12(2,3)10-7-11(13(4,5)6)9-14(15,16)8-10/h7-8H,9,16H2,1-6H3. The van der Waals surface area contributed by atoms with Gasteiger partial charge in [0.25, 0.3) is 0 Å². The molecule has 0 spiro atoms. The van der Waals surface area contributed by atoms with E-state index in [2.05, 4.69) is 69.6 Å². The van der Waals surface area contributed by atoms with Gasteiger partial charge in [-0.15, -0.1) is 0 Å². The minimum Gasteiger partial charge on any atom is -0.313 e. The average molecular weight is 286 g/mol. The van der Waals surface area contributed by atoms with Gasteiger partial charge in [0.1, 0.15) is 0 Å². The van der Waals surface area contributed by atoms with E-state index in [1.165, 1.54) is 11.1 Å². The van der Waals surface area contributed by atoms with E-state index < -0.39 is 0 Å². The molecule has 1 unspecified atom stereocenters. The first kappa shape index (κ1) is 14.0. The molecule has 16 heavy (non-hydrogen) atoms. The summed E-state index contributed by atoms with van der Waals surface area (Å²) in [5.74, 6) is 0. The van der Waals surface area contributed by atoms with Crippen molar-refractivity contribution in [2.24, 2.45) is 16.6 Å². The smallest absolute Gasteiger partial charge is 0.0946 e. The van der Waals surface area contributed by atoms with Crippen LogP contribution in [-0.4, -0.2) is 4.45 Å². The minimum absolute atomic E-state index is 0.148. The van der Waals surface area contributed by atoms with Crippen molar-refractivity contribution in [3.05, 3.63) is 23.3 Å². The fourth-order valence-corrected chi connectivity index (χ4v) is 2.35. The molecule has 0 aromatic heterocycles. The SMILES string of the molecule is CC(C)(C)C1=CC(N)(Br)CC(C(C)(C)C)=C1. The summed E-state index contributed by atoms with van der Waals surface area (Å²) >= 11 is 3.62. The van der Waals surface area contributed by atoms with Gasteiger partial charge in [-0.3, -0.25) is 0 Å². The van der Waals surface area contributed by atoms with Gasteiger partial charge in [0.15, 0.2) is 0 Å². The molecule has 0 aliphatic heterocycles. The fourth-order valence-electron chi connectivity index (χ4n) is 1.80. The summed E-state index contributed by atoms with van der Waals surface area (Å²) in [5.41, 5.74) is 9.32. The van der Waals surface area contributed by atoms with E-state index in [4.69, 9.17) is 5.73 Å². The first-order valence-corrected chi connectivity index (χ1v) is 6.63. The highest BCUT2D eigenvalue weighted by Crippen LogP contribution is 2.42. The summed E-state index contributed by atoms with van der Waals surface area (Å²) in [5, 5.41) is 0. The van der Waals surface area contributed by atoms with Gasteiger partial charge in [-0.2, -0.15) is 0 Å². The Bertz CT molecular complexity index is 335. The maximum atomic E-state index is 6.25. The summed E-state index contributed by atoms with van der Waals surface area (Å²) < 4.78 is -0.382. The van der Waals surface area contributed by atoms with Crippen molar-refractivity contribution >= 4 is 15.9 Å². The highest BCUT2D eigenvalue weighted by Gasteiger charge is 2.32. The minimum atomic E-state index is -0.382. The van der Waals surface area contributed by atoms with Crippen LogP contribution in [0.1, 0.15) is 48.0 Å². The normalized spacial score (nSPS) is 27.5. The van der Waals surface area contributed by atoms with Crippen LogP contribution in [0.5, 0.6) is 0 Å². The molecule has 0 saturated carbocycles. The summed E-state index contributed by atoms with van der Waals surface area (Å²) in [4.78, 5) is 0. The Balaban J connectivity index is 3.19. The first-order chi connectivity index (χ1) is 6.92. The van der Waals surface area contributed by atoms with Crippen LogP contribution in [-0.2, 0) is 0 Å². The predicted molar refractivity (Wildman–Crippen MR) is 75.5 cm³/mol. The molecule has 92 valence electrons. The summed E-state index contributed by atoms with van der Waals surface area (Å²) in [6.45, 7) is 13.4. The van der Waals surface area contributed by atoms with Crippen molar-refractivity contribution in [3.63, 3.8) is 0 Å². The molecule has 2 N–H and O–H groups in total. The van der Waals surface area contributed by atoms with Crippen LogP contribution in [0.15, 0.2) is 23.3 Å². The molecule has 0 saturated heterocycles. The molecular formula is C14H24BrN. The second-order valence-electron chi connectivity index (χ2n) is 6.87. The lowest BCUT2D eigenvalue weighted by Crippen LogP contribution is -2.36. The molecule has 2 heteroatoms. The Labute approximate surface area is 108 Å². The second kappa shape index (κ2) is 3.99. The molecule has 1 aliphatic carbocycles. The second-order valence-corrected chi connectivity index (χ2v) is 8.35. The van der Waals surface area contributed by atoms with Gasteiger partial charge >= 0.3 is 0 Å². The third-order valence-corrected chi connectivity index (χ3v) is 3.53. The topological polar surface area (TPSA) is 26.0 Å². The van der Waals surface area contributed by atoms with Crippen molar-refractivity contribution in [2.75, 3.05) is 0 Å². The number of hydrogen-bond donors (Lipinski definition) is 1. The maximum absolute atomic E-state index is 6.25. The van der Waals surface area contributed by atoms with Crippen molar-refractivity contribution < 1.29 is 0 Å². The zero-order valence-electron chi connectivity index (χ0n) is 11.3. The lowest BCUT2D eigenvalue weighted by atomic mass is 9.74. The average Bonchev–Trinajstić information content (AvgIpc) is 1.97.